The van der Waals surface area contributed by atoms with Gasteiger partial charge < -0.3 is 25.3 Å². The molecule has 4 heterocycles. The molecule has 0 atom stereocenters. The fourth-order valence-corrected chi connectivity index (χ4v) is 3.73. The molecule has 3 aromatic heterocycles. The number of benzene rings is 2. The second-order valence-electron chi connectivity index (χ2n) is 12.0. The minimum atomic E-state index is -0.0196. The number of hydrogen-bond donors (Lipinski definition) is 3. The molecule has 0 aliphatic carbocycles. The van der Waals surface area contributed by atoms with Crippen molar-refractivity contribution in [2.45, 2.75) is 61.2 Å². The second kappa shape index (κ2) is 29.8. The molecule has 3 amide bonds. The van der Waals surface area contributed by atoms with Crippen LogP contribution in [-0.4, -0.2) is 86.1 Å². The van der Waals surface area contributed by atoms with Crippen LogP contribution < -0.4 is 10.6 Å². The molecule has 0 spiro atoms. The van der Waals surface area contributed by atoms with Crippen molar-refractivity contribution in [1.29, 1.82) is 0 Å². The van der Waals surface area contributed by atoms with E-state index in [0.29, 0.717) is 44.6 Å². The van der Waals surface area contributed by atoms with Crippen LogP contribution in [0.1, 0.15) is 57.2 Å². The standard InChI is InChI=1S/C10H13NO.C9H11NO.C8H7N3O.C8H10N2O.C3H5N3.C3H9NO/c1-9(12)11(2)8-10-6-4-3-5-7-10;1-8(11)10-7-9-5-3-2-4-6-9;1-6-10-8(11-12-6)7-3-2-4-9-5-7;1-7(11)10-6-8-3-2-4-9-5-8;1-3-4-2-5-6-3;1-3-4(2)5/h3-7H,8H2,1-2H3;2-6H,7H2,1H3,(H,10,11);2-5H,1H3;2-5H,6H2,1H3,(H,10,11);2H2,1H3;5H,3H2,1-2H3. The average Bonchev–Trinajstić information content (AvgIpc) is 3.89. The van der Waals surface area contributed by atoms with Crippen molar-refractivity contribution in [2.24, 2.45) is 15.2 Å². The number of azo groups is 1. The number of carbonyl (C=O) groups is 3. The fourth-order valence-electron chi connectivity index (χ4n) is 3.73. The molecule has 0 saturated carbocycles. The predicted octanol–water partition coefficient (Wildman–Crippen LogP) is 6.30. The van der Waals surface area contributed by atoms with E-state index in [9.17, 15) is 14.4 Å². The number of rotatable bonds is 8. The van der Waals surface area contributed by atoms with Gasteiger partial charge in [-0.05, 0) is 41.8 Å². The van der Waals surface area contributed by atoms with Crippen molar-refractivity contribution in [2.75, 3.05) is 27.3 Å². The molecule has 0 saturated heterocycles. The van der Waals surface area contributed by atoms with Gasteiger partial charge in [-0.15, -0.1) is 5.11 Å². The molecule has 0 unspecified atom stereocenters. The number of aliphatic imine (C=N–C) groups is 1. The SMILES string of the molecule is CC(=O)N(C)Cc1ccccc1.CC(=O)NCc1ccccc1.CC(=O)NCc1cccnc1.CC1=NCN=N1.CCN(C)O.Cc1nc(-c2cccnc2)no1. The van der Waals surface area contributed by atoms with Gasteiger partial charge in [-0.2, -0.15) is 15.2 Å². The van der Waals surface area contributed by atoms with Gasteiger partial charge in [-0.3, -0.25) is 24.4 Å². The van der Waals surface area contributed by atoms with Crippen LogP contribution >= 0.6 is 0 Å². The normalized spacial score (nSPS) is 10.5. The predicted molar refractivity (Wildman–Crippen MR) is 219 cm³/mol. The first-order valence-corrected chi connectivity index (χ1v) is 18.0. The molecule has 16 nitrogen and oxygen atoms in total. The first-order valence-electron chi connectivity index (χ1n) is 18.0. The Kier molecular flexibility index (Phi) is 25.3. The van der Waals surface area contributed by atoms with Crippen molar-refractivity contribution in [1.82, 2.24) is 40.7 Å². The van der Waals surface area contributed by atoms with Crippen LogP contribution in [0.25, 0.3) is 11.4 Å². The first kappa shape index (κ1) is 48.5. The van der Waals surface area contributed by atoms with Gasteiger partial charge in [0.2, 0.25) is 29.4 Å². The summed E-state index contributed by atoms with van der Waals surface area (Å²) in [4.78, 5) is 49.3. The zero-order chi connectivity index (χ0) is 42.3. The van der Waals surface area contributed by atoms with Gasteiger partial charge >= 0.3 is 0 Å². The maximum Gasteiger partial charge on any atom is 0.223 e. The topological polar surface area (TPSA) is 204 Å². The number of hydrogen-bond acceptors (Lipinski definition) is 13. The Bertz CT molecular complexity index is 1820. The molecule has 2 aromatic carbocycles. The van der Waals surface area contributed by atoms with Crippen molar-refractivity contribution < 1.29 is 24.1 Å². The lowest BCUT2D eigenvalue weighted by molar-refractivity contribution is -0.128. The molecule has 1 aliphatic heterocycles. The number of nitrogens with one attached hydrogen (secondary N) is 2. The molecule has 1 aliphatic rings. The zero-order valence-electron chi connectivity index (χ0n) is 34.0. The van der Waals surface area contributed by atoms with Gasteiger partial charge in [0.25, 0.3) is 0 Å². The summed E-state index contributed by atoms with van der Waals surface area (Å²) < 4.78 is 4.83. The van der Waals surface area contributed by atoms with Crippen LogP contribution in [0, 0.1) is 6.92 Å². The molecule has 0 bridgehead atoms. The number of hydroxylamine groups is 2. The van der Waals surface area contributed by atoms with Crippen molar-refractivity contribution >= 4 is 23.6 Å². The highest BCUT2D eigenvalue weighted by Crippen LogP contribution is 2.12. The molecule has 0 radical (unpaired) electrons. The second-order valence-corrected chi connectivity index (χ2v) is 12.0. The maximum absolute atomic E-state index is 10.9. The van der Waals surface area contributed by atoms with E-state index in [-0.39, 0.29) is 17.7 Å². The molecule has 5 aromatic rings. The Morgan fingerprint density at radius 1 is 0.754 bits per heavy atom. The number of pyridine rings is 2. The highest BCUT2D eigenvalue weighted by Gasteiger charge is 2.04. The molecule has 16 heteroatoms. The monoisotopic (exact) mass is 781 g/mol. The summed E-state index contributed by atoms with van der Waals surface area (Å²) >= 11 is 0. The van der Waals surface area contributed by atoms with Crippen molar-refractivity contribution in [3.8, 4) is 11.4 Å². The van der Waals surface area contributed by atoms with E-state index in [1.807, 2.05) is 98.8 Å². The van der Waals surface area contributed by atoms with Gasteiger partial charge in [0, 0.05) is 98.3 Å². The number of amidine groups is 1. The van der Waals surface area contributed by atoms with Crippen LogP contribution in [-0.2, 0) is 34.0 Å². The van der Waals surface area contributed by atoms with Crippen LogP contribution in [0.4, 0.5) is 0 Å². The van der Waals surface area contributed by atoms with Crippen LogP contribution in [0.15, 0.2) is 129 Å². The summed E-state index contributed by atoms with van der Waals surface area (Å²) in [6.45, 7) is 13.1. The smallest absolute Gasteiger partial charge is 0.223 e. The summed E-state index contributed by atoms with van der Waals surface area (Å²) in [7, 11) is 3.41. The van der Waals surface area contributed by atoms with Gasteiger partial charge in [-0.1, -0.05) is 78.8 Å². The van der Waals surface area contributed by atoms with E-state index >= 15 is 0 Å². The zero-order valence-corrected chi connectivity index (χ0v) is 34.0. The largest absolute Gasteiger partial charge is 0.352 e. The van der Waals surface area contributed by atoms with Gasteiger partial charge in [-0.25, -0.2) is 4.99 Å². The Labute approximate surface area is 335 Å². The fraction of sp³-hybridized carbons (Fsp3) is 0.317. The third kappa shape index (κ3) is 26.0. The number of carbonyl (C=O) groups excluding carboxylic acids is 3. The Morgan fingerprint density at radius 2 is 1.28 bits per heavy atom. The average molecular weight is 782 g/mol. The summed E-state index contributed by atoms with van der Waals surface area (Å²) in [5.41, 5.74) is 4.18. The first-order chi connectivity index (χ1) is 27.3. The Balaban J connectivity index is 0.000000350. The molecule has 0 fully saturated rings. The lowest BCUT2D eigenvalue weighted by Crippen LogP contribution is -2.22. The lowest BCUT2D eigenvalue weighted by Gasteiger charge is -2.14. The Morgan fingerprint density at radius 3 is 1.67 bits per heavy atom. The van der Waals surface area contributed by atoms with E-state index in [1.54, 1.807) is 57.6 Å². The molecule has 304 valence electrons. The molecular formula is C41H55N11O5. The molecule has 3 N–H and O–H groups in total. The minimum absolute atomic E-state index is 0.00820. The summed E-state index contributed by atoms with van der Waals surface area (Å²) in [5.74, 6) is 2.02. The van der Waals surface area contributed by atoms with Crippen molar-refractivity contribution in [3.05, 3.63) is 132 Å². The molecule has 6 rings (SSSR count). The number of nitrogens with zero attached hydrogens (tertiary/aromatic N) is 9. The van der Waals surface area contributed by atoms with Crippen LogP contribution in [0.3, 0.4) is 0 Å². The third-order valence-corrected chi connectivity index (χ3v) is 6.93. The van der Waals surface area contributed by atoms with Crippen molar-refractivity contribution in [3.63, 3.8) is 0 Å². The van der Waals surface area contributed by atoms with E-state index in [4.69, 9.17) is 9.73 Å². The minimum Gasteiger partial charge on any atom is -0.352 e. The molecule has 57 heavy (non-hydrogen) atoms. The lowest BCUT2D eigenvalue weighted by atomic mass is 10.2. The van der Waals surface area contributed by atoms with Gasteiger partial charge in [0.15, 0.2) is 6.67 Å². The number of amides is 3. The number of aromatic nitrogens is 4. The third-order valence-electron chi connectivity index (χ3n) is 6.93. The summed E-state index contributed by atoms with van der Waals surface area (Å²) in [6.07, 6.45) is 6.84. The maximum atomic E-state index is 10.9. The van der Waals surface area contributed by atoms with Crippen LogP contribution in [0.2, 0.25) is 0 Å². The van der Waals surface area contributed by atoms with Gasteiger partial charge in [0.05, 0.1) is 0 Å². The van der Waals surface area contributed by atoms with E-state index in [1.165, 1.54) is 13.8 Å². The summed E-state index contributed by atoms with van der Waals surface area (Å²) in [5, 5.41) is 25.7. The highest BCUT2D eigenvalue weighted by molar-refractivity contribution is 5.80. The highest BCUT2D eigenvalue weighted by atomic mass is 16.5. The molecular weight excluding hydrogens is 727 g/mol. The van der Waals surface area contributed by atoms with E-state index in [0.717, 1.165) is 33.2 Å². The summed E-state index contributed by atoms with van der Waals surface area (Å²) in [6, 6.07) is 27.3. The Hall–Kier alpha value is -6.52. The quantitative estimate of drug-likeness (QED) is 0.150. The van der Waals surface area contributed by atoms with E-state index in [2.05, 4.69) is 46.0 Å². The van der Waals surface area contributed by atoms with Gasteiger partial charge in [0.1, 0.15) is 5.84 Å². The van der Waals surface area contributed by atoms with Crippen LogP contribution in [0.5, 0.6) is 0 Å². The number of aryl methyl sites for hydroxylation is 1. The van der Waals surface area contributed by atoms with E-state index < -0.39 is 0 Å².